The second kappa shape index (κ2) is 5.63. The smallest absolute Gasteiger partial charge is 0.235 e. The molecule has 0 N–H and O–H groups in total. The first-order valence-electron chi connectivity index (χ1n) is 6.13. The van der Waals surface area contributed by atoms with Gasteiger partial charge in [-0.15, -0.1) is 11.8 Å². The maximum atomic E-state index is 12.2. The topological polar surface area (TPSA) is 33.5 Å². The second-order valence-corrected chi connectivity index (χ2v) is 5.84. The lowest BCUT2D eigenvalue weighted by atomic mass is 10.1. The minimum atomic E-state index is 0.108. The lowest BCUT2D eigenvalue weighted by molar-refractivity contribution is -0.134. The second-order valence-electron chi connectivity index (χ2n) is 4.65. The molecule has 0 aliphatic carbocycles. The third-order valence-corrected chi connectivity index (χ3v) is 4.34. The van der Waals surface area contributed by atoms with Crippen molar-refractivity contribution in [2.24, 2.45) is 0 Å². The molecule has 3 nitrogen and oxygen atoms in total. The number of nitrogens with zero attached hydrogens (tertiary/aromatic N) is 1. The highest BCUT2D eigenvalue weighted by atomic mass is 32.2. The molecule has 1 saturated heterocycles. The molecule has 0 aromatic carbocycles. The van der Waals surface area contributed by atoms with E-state index in [0.717, 1.165) is 30.9 Å². The molecule has 0 saturated carbocycles. The number of carbonyl (C=O) groups is 1. The summed E-state index contributed by atoms with van der Waals surface area (Å²) in [6.45, 7) is 5.07. The molecule has 1 aliphatic rings. The van der Waals surface area contributed by atoms with Gasteiger partial charge in [0, 0.05) is 12.6 Å². The molecule has 1 fully saturated rings. The van der Waals surface area contributed by atoms with Crippen molar-refractivity contribution < 1.29 is 9.21 Å². The molecule has 17 heavy (non-hydrogen) atoms. The van der Waals surface area contributed by atoms with Crippen LogP contribution in [-0.4, -0.2) is 28.6 Å². The predicted octanol–water partition coefficient (Wildman–Crippen LogP) is 2.91. The van der Waals surface area contributed by atoms with Crippen LogP contribution < -0.4 is 0 Å². The number of piperidine rings is 1. The molecule has 1 aromatic heterocycles. The SMILES string of the molecule is CC(C)N1CCCC(SCc2ccco2)C1=O. The summed E-state index contributed by atoms with van der Waals surface area (Å²) >= 11 is 1.70. The third-order valence-electron chi connectivity index (χ3n) is 3.05. The normalized spacial score (nSPS) is 21.2. The zero-order chi connectivity index (χ0) is 12.3. The summed E-state index contributed by atoms with van der Waals surface area (Å²) in [5, 5.41) is 0.108. The molecule has 0 radical (unpaired) electrons. The highest BCUT2D eigenvalue weighted by Crippen LogP contribution is 2.27. The van der Waals surface area contributed by atoms with Crippen molar-refractivity contribution in [1.29, 1.82) is 0 Å². The van der Waals surface area contributed by atoms with Crippen molar-refractivity contribution in [2.45, 2.75) is 43.7 Å². The zero-order valence-corrected chi connectivity index (χ0v) is 11.2. The van der Waals surface area contributed by atoms with Crippen LogP contribution in [0.1, 0.15) is 32.4 Å². The van der Waals surface area contributed by atoms with Gasteiger partial charge in [-0.3, -0.25) is 4.79 Å². The van der Waals surface area contributed by atoms with Crippen LogP contribution in [0, 0.1) is 0 Å². The minimum absolute atomic E-state index is 0.108. The van der Waals surface area contributed by atoms with Crippen molar-refractivity contribution in [3.05, 3.63) is 24.2 Å². The van der Waals surface area contributed by atoms with Crippen LogP contribution in [0.25, 0.3) is 0 Å². The van der Waals surface area contributed by atoms with E-state index in [1.165, 1.54) is 0 Å². The highest BCUT2D eigenvalue weighted by Gasteiger charge is 2.30. The fourth-order valence-corrected chi connectivity index (χ4v) is 3.25. The molecule has 0 spiro atoms. The molecule has 1 unspecified atom stereocenters. The lowest BCUT2D eigenvalue weighted by Gasteiger charge is -2.34. The molecular weight excluding hydrogens is 234 g/mol. The molecule has 94 valence electrons. The van der Waals surface area contributed by atoms with Crippen molar-refractivity contribution >= 4 is 17.7 Å². The van der Waals surface area contributed by atoms with Gasteiger partial charge in [0.2, 0.25) is 5.91 Å². The number of thioether (sulfide) groups is 1. The fraction of sp³-hybridized carbons (Fsp3) is 0.615. The number of furan rings is 1. The molecule has 1 atom stereocenters. The van der Waals surface area contributed by atoms with Crippen molar-refractivity contribution in [1.82, 2.24) is 4.90 Å². The van der Waals surface area contributed by atoms with Crippen molar-refractivity contribution in [2.75, 3.05) is 6.54 Å². The van der Waals surface area contributed by atoms with E-state index in [1.54, 1.807) is 18.0 Å². The molecule has 4 heteroatoms. The number of amides is 1. The monoisotopic (exact) mass is 253 g/mol. The largest absolute Gasteiger partial charge is 0.468 e. The number of likely N-dealkylation sites (tertiary alicyclic amines) is 1. The Hall–Kier alpha value is -0.900. The molecule has 1 aliphatic heterocycles. The van der Waals surface area contributed by atoms with Crippen molar-refractivity contribution in [3.63, 3.8) is 0 Å². The van der Waals surface area contributed by atoms with E-state index in [-0.39, 0.29) is 5.25 Å². The Bertz CT molecular complexity index is 362. The van der Waals surface area contributed by atoms with Crippen LogP contribution in [0.4, 0.5) is 0 Å². The first-order valence-corrected chi connectivity index (χ1v) is 7.18. The first kappa shape index (κ1) is 12.6. The number of carbonyl (C=O) groups excluding carboxylic acids is 1. The summed E-state index contributed by atoms with van der Waals surface area (Å²) in [4.78, 5) is 14.2. The first-order chi connectivity index (χ1) is 8.18. The lowest BCUT2D eigenvalue weighted by Crippen LogP contribution is -2.46. The quantitative estimate of drug-likeness (QED) is 0.827. The van der Waals surface area contributed by atoms with Gasteiger partial charge in [0.25, 0.3) is 0 Å². The Morgan fingerprint density at radius 1 is 1.59 bits per heavy atom. The zero-order valence-electron chi connectivity index (χ0n) is 10.4. The fourth-order valence-electron chi connectivity index (χ4n) is 2.11. The highest BCUT2D eigenvalue weighted by molar-refractivity contribution is 7.99. The van der Waals surface area contributed by atoms with Gasteiger partial charge in [-0.25, -0.2) is 0 Å². The van der Waals surface area contributed by atoms with Crippen LogP contribution in [0.3, 0.4) is 0 Å². The average molecular weight is 253 g/mol. The van der Waals surface area contributed by atoms with E-state index in [1.807, 2.05) is 17.0 Å². The van der Waals surface area contributed by atoms with Gasteiger partial charge in [0.1, 0.15) is 5.76 Å². The predicted molar refractivity (Wildman–Crippen MR) is 69.9 cm³/mol. The van der Waals surface area contributed by atoms with Crippen LogP contribution >= 0.6 is 11.8 Å². The van der Waals surface area contributed by atoms with Crippen LogP contribution in [-0.2, 0) is 10.5 Å². The standard InChI is InChI=1S/C13H19NO2S/c1-10(2)14-7-3-6-12(13(14)15)17-9-11-5-4-8-16-11/h4-5,8,10,12H,3,6-7,9H2,1-2H3. The Labute approximate surface area is 107 Å². The van der Waals surface area contributed by atoms with Gasteiger partial charge in [-0.05, 0) is 38.8 Å². The molecule has 1 aromatic rings. The minimum Gasteiger partial charge on any atom is -0.468 e. The summed E-state index contributed by atoms with van der Waals surface area (Å²) in [6, 6.07) is 4.16. The van der Waals surface area contributed by atoms with E-state index in [9.17, 15) is 4.79 Å². The molecule has 2 rings (SSSR count). The van der Waals surface area contributed by atoms with Crippen LogP contribution in [0.2, 0.25) is 0 Å². The molecule has 0 bridgehead atoms. The van der Waals surface area contributed by atoms with E-state index >= 15 is 0 Å². The maximum Gasteiger partial charge on any atom is 0.235 e. The number of hydrogen-bond acceptors (Lipinski definition) is 3. The summed E-state index contributed by atoms with van der Waals surface area (Å²) in [6.07, 6.45) is 3.78. The van der Waals surface area contributed by atoms with Gasteiger partial charge < -0.3 is 9.32 Å². The van der Waals surface area contributed by atoms with Gasteiger partial charge in [-0.2, -0.15) is 0 Å². The Kier molecular flexibility index (Phi) is 4.15. The van der Waals surface area contributed by atoms with Gasteiger partial charge in [0.05, 0.1) is 17.3 Å². The van der Waals surface area contributed by atoms with Crippen molar-refractivity contribution in [3.8, 4) is 0 Å². The Balaban J connectivity index is 1.90. The Morgan fingerprint density at radius 3 is 3.06 bits per heavy atom. The Morgan fingerprint density at radius 2 is 2.41 bits per heavy atom. The van der Waals surface area contributed by atoms with E-state index < -0.39 is 0 Å². The van der Waals surface area contributed by atoms with E-state index in [4.69, 9.17) is 4.42 Å². The van der Waals surface area contributed by atoms with Gasteiger partial charge in [0.15, 0.2) is 0 Å². The molecule has 1 amide bonds. The summed E-state index contributed by atoms with van der Waals surface area (Å²) in [5.74, 6) is 2.03. The van der Waals surface area contributed by atoms with Gasteiger partial charge in [-0.1, -0.05) is 0 Å². The third kappa shape index (κ3) is 3.06. The number of rotatable bonds is 4. The van der Waals surface area contributed by atoms with E-state index in [0.29, 0.717) is 11.9 Å². The number of hydrogen-bond donors (Lipinski definition) is 0. The summed E-state index contributed by atoms with van der Waals surface area (Å²) in [5.41, 5.74) is 0. The molecule has 2 heterocycles. The summed E-state index contributed by atoms with van der Waals surface area (Å²) < 4.78 is 5.29. The summed E-state index contributed by atoms with van der Waals surface area (Å²) in [7, 11) is 0. The maximum absolute atomic E-state index is 12.2. The average Bonchev–Trinajstić information content (AvgIpc) is 2.80. The van der Waals surface area contributed by atoms with Crippen LogP contribution in [0.5, 0.6) is 0 Å². The van der Waals surface area contributed by atoms with Gasteiger partial charge >= 0.3 is 0 Å². The molecular formula is C13H19NO2S. The van der Waals surface area contributed by atoms with Crippen LogP contribution in [0.15, 0.2) is 22.8 Å². The van der Waals surface area contributed by atoms with E-state index in [2.05, 4.69) is 13.8 Å².